The number of nitrogens with one attached hydrogen (secondary N) is 4. The average molecular weight is 579 g/mol. The Hall–Kier alpha value is -3.61. The number of anilines is 2. The molecule has 4 N–H and O–H groups in total. The van der Waals surface area contributed by atoms with Crippen molar-refractivity contribution in [1.82, 2.24) is 35.4 Å². The Morgan fingerprint density at radius 3 is 2.68 bits per heavy atom. The van der Waals surface area contributed by atoms with Gasteiger partial charge in [-0.3, -0.25) is 18.9 Å². The zero-order valence-corrected chi connectivity index (χ0v) is 24.2. The molecule has 12 nitrogen and oxygen atoms in total. The maximum absolute atomic E-state index is 13.7. The molecule has 2 aromatic rings. The number of amides is 2. The van der Waals surface area contributed by atoms with Gasteiger partial charge in [0.05, 0.1) is 10.6 Å². The van der Waals surface area contributed by atoms with E-state index in [1.165, 1.54) is 0 Å². The van der Waals surface area contributed by atoms with Crippen LogP contribution in [0.25, 0.3) is 0 Å². The molecule has 41 heavy (non-hydrogen) atoms. The van der Waals surface area contributed by atoms with Gasteiger partial charge in [-0.15, -0.1) is 20.0 Å². The molecule has 3 aliphatic carbocycles. The standard InChI is InChI=1S/C28H38N10O2S/c1-41(29)22-8-7-20(38-16-33-36-28(38)34-19-9-12-37(15-19)27-30-10-2-11-31-27)13-21(22)23(25(40)32-14-17-3-4-17)26(41)35-24(39)18-5-6-18/h2,10-11,16-20,29,41H,3-9,12-15H2,1H3,(H,32,40)(H,34,36)(H,35,39)/t19-,20-/m0/s1. The van der Waals surface area contributed by atoms with Gasteiger partial charge in [0.25, 0.3) is 5.91 Å². The second kappa shape index (κ2) is 10.3. The van der Waals surface area contributed by atoms with E-state index in [9.17, 15) is 14.4 Å². The van der Waals surface area contributed by atoms with Gasteiger partial charge >= 0.3 is 0 Å². The molecule has 0 unspecified atom stereocenters. The van der Waals surface area contributed by atoms with E-state index >= 15 is 0 Å². The first-order chi connectivity index (χ1) is 19.9. The van der Waals surface area contributed by atoms with Gasteiger partial charge in [0.15, 0.2) is 0 Å². The Morgan fingerprint density at radius 2 is 1.93 bits per heavy atom. The summed E-state index contributed by atoms with van der Waals surface area (Å²) in [6.07, 6.45) is 14.4. The molecule has 0 spiro atoms. The molecule has 1 saturated heterocycles. The zero-order chi connectivity index (χ0) is 28.1. The van der Waals surface area contributed by atoms with Crippen molar-refractivity contribution < 1.29 is 9.59 Å². The lowest BCUT2D eigenvalue weighted by Crippen LogP contribution is -2.34. The Kier molecular flexibility index (Phi) is 6.63. The van der Waals surface area contributed by atoms with Gasteiger partial charge in [0, 0.05) is 50.0 Å². The first kappa shape index (κ1) is 26.3. The number of nitrogens with zero attached hydrogens (tertiary/aromatic N) is 6. The first-order valence-electron chi connectivity index (χ1n) is 14.7. The van der Waals surface area contributed by atoms with Crippen molar-refractivity contribution in [2.45, 2.75) is 63.5 Å². The third kappa shape index (κ3) is 5.15. The van der Waals surface area contributed by atoms with Crippen LogP contribution in [0.4, 0.5) is 11.9 Å². The van der Waals surface area contributed by atoms with E-state index in [2.05, 4.69) is 45.6 Å². The Morgan fingerprint density at radius 1 is 1.12 bits per heavy atom. The van der Waals surface area contributed by atoms with Gasteiger partial charge in [0.1, 0.15) is 6.33 Å². The molecule has 7 rings (SSSR count). The minimum atomic E-state index is -2.57. The summed E-state index contributed by atoms with van der Waals surface area (Å²) in [7, 11) is -2.57. The predicted octanol–water partition coefficient (Wildman–Crippen LogP) is 2.29. The molecule has 5 aliphatic rings. The van der Waals surface area contributed by atoms with Crippen LogP contribution >= 0.6 is 0 Å². The molecule has 2 aliphatic heterocycles. The molecular formula is C28H38N10O2S. The lowest BCUT2D eigenvalue weighted by Gasteiger charge is -2.31. The molecule has 218 valence electrons. The third-order valence-corrected chi connectivity index (χ3v) is 11.8. The van der Waals surface area contributed by atoms with Crippen molar-refractivity contribution in [3.8, 4) is 0 Å². The molecule has 4 heterocycles. The molecule has 2 amide bonds. The third-order valence-electron chi connectivity index (χ3n) is 9.02. The van der Waals surface area contributed by atoms with Crippen LogP contribution in [0, 0.1) is 16.6 Å². The smallest absolute Gasteiger partial charge is 0.254 e. The van der Waals surface area contributed by atoms with Crippen molar-refractivity contribution >= 4 is 33.5 Å². The summed E-state index contributed by atoms with van der Waals surface area (Å²) in [6, 6.07) is 2.05. The Balaban J connectivity index is 1.11. The highest BCUT2D eigenvalue weighted by Crippen LogP contribution is 2.49. The lowest BCUT2D eigenvalue weighted by atomic mass is 9.89. The molecular weight excluding hydrogens is 540 g/mol. The topological polar surface area (TPSA) is 154 Å². The Labute approximate surface area is 240 Å². The van der Waals surface area contributed by atoms with Crippen LogP contribution in [0.5, 0.6) is 0 Å². The second-order valence-electron chi connectivity index (χ2n) is 12.2. The minimum absolute atomic E-state index is 0.00859. The molecule has 2 aromatic heterocycles. The summed E-state index contributed by atoms with van der Waals surface area (Å²) in [6.45, 7) is 2.29. The van der Waals surface area contributed by atoms with Crippen LogP contribution in [0.15, 0.2) is 45.9 Å². The highest BCUT2D eigenvalue weighted by molar-refractivity contribution is 8.10. The van der Waals surface area contributed by atoms with E-state index in [1.54, 1.807) is 18.7 Å². The second-order valence-corrected chi connectivity index (χ2v) is 15.2. The van der Waals surface area contributed by atoms with Gasteiger partial charge in [-0.1, -0.05) is 0 Å². The highest BCUT2D eigenvalue weighted by Gasteiger charge is 2.42. The van der Waals surface area contributed by atoms with Crippen LogP contribution in [0.3, 0.4) is 0 Å². The van der Waals surface area contributed by atoms with Crippen LogP contribution < -0.4 is 20.9 Å². The molecule has 0 bridgehead atoms. The molecule has 2 saturated carbocycles. The number of carbonyl (C=O) groups excluding carboxylic acids is 2. The zero-order valence-electron chi connectivity index (χ0n) is 23.3. The van der Waals surface area contributed by atoms with Gasteiger partial charge in [-0.25, -0.2) is 9.97 Å². The maximum Gasteiger partial charge on any atom is 0.254 e. The van der Waals surface area contributed by atoms with Crippen LogP contribution in [0.1, 0.15) is 57.4 Å². The number of carbonyl (C=O) groups is 2. The van der Waals surface area contributed by atoms with Crippen LogP contribution in [-0.2, 0) is 19.4 Å². The van der Waals surface area contributed by atoms with Crippen LogP contribution in [0.2, 0.25) is 0 Å². The van der Waals surface area contributed by atoms with E-state index in [-0.39, 0.29) is 29.8 Å². The summed E-state index contributed by atoms with van der Waals surface area (Å²) in [4.78, 5) is 38.5. The molecule has 2 atom stereocenters. The molecule has 13 heteroatoms. The number of hydrogen-bond donors (Lipinski definition) is 5. The summed E-state index contributed by atoms with van der Waals surface area (Å²) >= 11 is 0. The van der Waals surface area contributed by atoms with Crippen molar-refractivity contribution in [2.75, 3.05) is 36.1 Å². The highest BCUT2D eigenvalue weighted by atomic mass is 32.2. The minimum Gasteiger partial charge on any atom is -0.352 e. The number of hydrogen-bond acceptors (Lipinski definition) is 9. The largest absolute Gasteiger partial charge is 0.352 e. The van der Waals surface area contributed by atoms with Gasteiger partial charge < -0.3 is 20.9 Å². The Bertz CT molecular complexity index is 1480. The van der Waals surface area contributed by atoms with E-state index in [0.717, 1.165) is 74.5 Å². The fourth-order valence-electron chi connectivity index (χ4n) is 6.33. The van der Waals surface area contributed by atoms with Crippen LogP contribution in [-0.4, -0.2) is 68.5 Å². The summed E-state index contributed by atoms with van der Waals surface area (Å²) in [5.74, 6) is 1.81. The number of rotatable bonds is 9. The van der Waals surface area contributed by atoms with Gasteiger partial charge in [-0.05, 0) is 80.1 Å². The van der Waals surface area contributed by atoms with Crippen molar-refractivity contribution in [2.24, 2.45) is 11.8 Å². The first-order valence-corrected chi connectivity index (χ1v) is 17.0. The molecule has 0 aromatic carbocycles. The number of allylic oxidation sites excluding steroid dienone is 1. The number of aromatic nitrogens is 5. The number of thiol groups is 1. The van der Waals surface area contributed by atoms with E-state index in [1.807, 2.05) is 12.3 Å². The fraction of sp³-hybridized carbons (Fsp3) is 0.571. The summed E-state index contributed by atoms with van der Waals surface area (Å²) in [5.41, 5.74) is 1.49. The molecule has 0 radical (unpaired) electrons. The monoisotopic (exact) mass is 578 g/mol. The SMILES string of the molecule is C[SH]1(=N)C2=C(C[C@@H](n3cnnc3N[C@H]3CCN(c4ncccn4)C3)CC2)C(C(=O)NCC2CC2)=C1NC(=O)C1CC1. The van der Waals surface area contributed by atoms with Crippen molar-refractivity contribution in [3.05, 3.63) is 45.9 Å². The summed E-state index contributed by atoms with van der Waals surface area (Å²) < 4.78 is 11.5. The lowest BCUT2D eigenvalue weighted by molar-refractivity contribution is -0.121. The summed E-state index contributed by atoms with van der Waals surface area (Å²) in [5, 5.41) is 19.0. The molecule has 3 fully saturated rings. The van der Waals surface area contributed by atoms with Gasteiger partial charge in [-0.2, -0.15) is 0 Å². The van der Waals surface area contributed by atoms with Crippen molar-refractivity contribution in [1.29, 1.82) is 4.78 Å². The normalized spacial score (nSPS) is 26.1. The quantitative estimate of drug-likeness (QED) is 0.284. The van der Waals surface area contributed by atoms with Gasteiger partial charge in [0.2, 0.25) is 17.8 Å². The average Bonchev–Trinajstić information content (AvgIpc) is 3.89. The predicted molar refractivity (Wildman–Crippen MR) is 157 cm³/mol. The maximum atomic E-state index is 13.7. The van der Waals surface area contributed by atoms with E-state index in [0.29, 0.717) is 35.4 Å². The van der Waals surface area contributed by atoms with Crippen molar-refractivity contribution in [3.63, 3.8) is 0 Å². The van der Waals surface area contributed by atoms with E-state index in [4.69, 9.17) is 0 Å². The fourth-order valence-corrected chi connectivity index (χ4v) is 8.94. The van der Waals surface area contributed by atoms with E-state index < -0.39 is 9.82 Å².